The van der Waals surface area contributed by atoms with Crippen LogP contribution in [-0.2, 0) is 17.9 Å². The molecule has 20 heavy (non-hydrogen) atoms. The van der Waals surface area contributed by atoms with E-state index in [4.69, 9.17) is 5.73 Å². The molecule has 3 heteroatoms. The molecule has 0 radical (unpaired) electrons. The summed E-state index contributed by atoms with van der Waals surface area (Å²) in [5, 5.41) is 3.07. The molecule has 1 amide bonds. The lowest BCUT2D eigenvalue weighted by molar-refractivity contribution is -0.122. The second kappa shape index (κ2) is 5.96. The minimum atomic E-state index is 0.203. The van der Waals surface area contributed by atoms with E-state index in [1.165, 1.54) is 25.7 Å². The summed E-state index contributed by atoms with van der Waals surface area (Å²) >= 11 is 0. The second-order valence-electron chi connectivity index (χ2n) is 6.39. The number of carbonyl (C=O) groups is 1. The molecule has 2 bridgehead atoms. The summed E-state index contributed by atoms with van der Waals surface area (Å²) in [7, 11) is 0. The summed E-state index contributed by atoms with van der Waals surface area (Å²) in [6.45, 7) is 1.13. The summed E-state index contributed by atoms with van der Waals surface area (Å²) in [6.07, 6.45) is 6.10. The van der Waals surface area contributed by atoms with Gasteiger partial charge in [0.2, 0.25) is 5.91 Å². The molecule has 3 nitrogen and oxygen atoms in total. The molecule has 3 N–H and O–H groups in total. The van der Waals surface area contributed by atoms with Crippen LogP contribution in [-0.4, -0.2) is 5.91 Å². The van der Waals surface area contributed by atoms with Gasteiger partial charge in [-0.25, -0.2) is 0 Å². The van der Waals surface area contributed by atoms with Gasteiger partial charge in [-0.2, -0.15) is 0 Å². The average Bonchev–Trinajstić information content (AvgIpc) is 3.08. The van der Waals surface area contributed by atoms with Crippen LogP contribution in [0.1, 0.15) is 43.2 Å². The molecule has 2 fully saturated rings. The molecule has 0 spiro atoms. The Kier molecular flexibility index (Phi) is 4.06. The third-order valence-corrected chi connectivity index (χ3v) is 5.15. The van der Waals surface area contributed by atoms with E-state index in [9.17, 15) is 4.79 Å². The van der Waals surface area contributed by atoms with E-state index in [0.29, 0.717) is 25.4 Å². The Morgan fingerprint density at radius 2 is 2.00 bits per heavy atom. The third kappa shape index (κ3) is 2.88. The lowest BCUT2D eigenvalue weighted by Gasteiger charge is -2.21. The van der Waals surface area contributed by atoms with Gasteiger partial charge in [0.05, 0.1) is 0 Å². The van der Waals surface area contributed by atoms with Crippen LogP contribution in [0.5, 0.6) is 0 Å². The van der Waals surface area contributed by atoms with Gasteiger partial charge in [-0.15, -0.1) is 0 Å². The Morgan fingerprint density at radius 3 is 2.65 bits per heavy atom. The second-order valence-corrected chi connectivity index (χ2v) is 6.39. The highest BCUT2D eigenvalue weighted by Crippen LogP contribution is 2.49. The first-order chi connectivity index (χ1) is 9.76. The van der Waals surface area contributed by atoms with Crippen LogP contribution >= 0.6 is 0 Å². The maximum absolute atomic E-state index is 12.1. The number of carbonyl (C=O) groups excluding carboxylic acids is 1. The molecule has 1 aromatic carbocycles. The van der Waals surface area contributed by atoms with Crippen molar-refractivity contribution in [3.8, 4) is 0 Å². The van der Waals surface area contributed by atoms with Crippen molar-refractivity contribution in [2.45, 2.75) is 45.2 Å². The number of hydrogen-bond donors (Lipinski definition) is 2. The van der Waals surface area contributed by atoms with E-state index >= 15 is 0 Å². The van der Waals surface area contributed by atoms with Gasteiger partial charge in [-0.1, -0.05) is 30.7 Å². The van der Waals surface area contributed by atoms with Crippen molar-refractivity contribution in [2.75, 3.05) is 0 Å². The zero-order chi connectivity index (χ0) is 13.9. The minimum absolute atomic E-state index is 0.203. The van der Waals surface area contributed by atoms with Gasteiger partial charge in [0, 0.05) is 19.5 Å². The van der Waals surface area contributed by atoms with Crippen molar-refractivity contribution in [1.82, 2.24) is 5.32 Å². The molecule has 0 aromatic heterocycles. The predicted octanol–water partition coefficient (Wildman–Crippen LogP) is 2.59. The van der Waals surface area contributed by atoms with Crippen molar-refractivity contribution >= 4 is 5.91 Å². The molecule has 3 rings (SSSR count). The number of nitrogens with two attached hydrogens (primary N) is 1. The van der Waals surface area contributed by atoms with Crippen LogP contribution in [0, 0.1) is 17.8 Å². The average molecular weight is 272 g/mol. The summed E-state index contributed by atoms with van der Waals surface area (Å²) < 4.78 is 0. The zero-order valence-electron chi connectivity index (χ0n) is 12.0. The van der Waals surface area contributed by atoms with Crippen molar-refractivity contribution < 1.29 is 4.79 Å². The third-order valence-electron chi connectivity index (χ3n) is 5.15. The molecular formula is C17H24N2O. The Hall–Kier alpha value is -1.35. The fourth-order valence-corrected chi connectivity index (χ4v) is 4.06. The van der Waals surface area contributed by atoms with Crippen molar-refractivity contribution in [2.24, 2.45) is 23.5 Å². The Morgan fingerprint density at radius 1 is 1.20 bits per heavy atom. The number of benzene rings is 1. The quantitative estimate of drug-likeness (QED) is 0.865. The van der Waals surface area contributed by atoms with Crippen molar-refractivity contribution in [3.05, 3.63) is 35.4 Å². The first kappa shape index (κ1) is 13.6. The Balaban J connectivity index is 1.50. The number of fused-ring (bicyclic) bond motifs is 2. The van der Waals surface area contributed by atoms with Gasteiger partial charge < -0.3 is 11.1 Å². The summed E-state index contributed by atoms with van der Waals surface area (Å²) in [5.41, 5.74) is 7.97. The highest BCUT2D eigenvalue weighted by atomic mass is 16.1. The summed E-state index contributed by atoms with van der Waals surface area (Å²) in [6, 6.07) is 8.05. The fourth-order valence-electron chi connectivity index (χ4n) is 4.06. The minimum Gasteiger partial charge on any atom is -0.352 e. The monoisotopic (exact) mass is 272 g/mol. The lowest BCUT2D eigenvalue weighted by atomic mass is 9.86. The largest absolute Gasteiger partial charge is 0.352 e. The van der Waals surface area contributed by atoms with E-state index in [2.05, 4.69) is 5.32 Å². The normalized spacial score (nSPS) is 27.8. The van der Waals surface area contributed by atoms with E-state index in [-0.39, 0.29) is 5.91 Å². The number of nitrogens with one attached hydrogen (secondary N) is 1. The molecule has 2 aliphatic carbocycles. The standard InChI is InChI=1S/C17H24N2O/c18-10-14-3-1-2-4-15(14)11-19-17(20)9-16-8-12-5-6-13(16)7-12/h1-4,12-13,16H,5-11,18H2,(H,19,20). The molecule has 1 aromatic rings. The molecule has 0 saturated heterocycles. The molecule has 0 heterocycles. The molecule has 2 aliphatic rings. The van der Waals surface area contributed by atoms with Gasteiger partial charge in [0.25, 0.3) is 0 Å². The number of rotatable bonds is 5. The summed E-state index contributed by atoms with van der Waals surface area (Å²) in [4.78, 5) is 12.1. The highest BCUT2D eigenvalue weighted by Gasteiger charge is 2.39. The SMILES string of the molecule is NCc1ccccc1CNC(=O)CC1CC2CCC1C2. The highest BCUT2D eigenvalue weighted by molar-refractivity contribution is 5.76. The van der Waals surface area contributed by atoms with E-state index in [1.807, 2.05) is 24.3 Å². The van der Waals surface area contributed by atoms with Gasteiger partial charge in [0.15, 0.2) is 0 Å². The van der Waals surface area contributed by atoms with E-state index in [0.717, 1.165) is 23.0 Å². The molecule has 3 unspecified atom stereocenters. The molecule has 2 saturated carbocycles. The maximum Gasteiger partial charge on any atom is 0.220 e. The Labute approximate surface area is 120 Å². The topological polar surface area (TPSA) is 55.1 Å². The Bertz CT molecular complexity index is 486. The first-order valence-electron chi connectivity index (χ1n) is 7.80. The van der Waals surface area contributed by atoms with Crippen molar-refractivity contribution in [1.29, 1.82) is 0 Å². The number of amides is 1. The van der Waals surface area contributed by atoms with Crippen LogP contribution < -0.4 is 11.1 Å². The van der Waals surface area contributed by atoms with E-state index < -0.39 is 0 Å². The zero-order valence-corrected chi connectivity index (χ0v) is 12.0. The smallest absolute Gasteiger partial charge is 0.220 e. The molecule has 108 valence electrons. The maximum atomic E-state index is 12.1. The van der Waals surface area contributed by atoms with Crippen LogP contribution in [0.15, 0.2) is 24.3 Å². The molecular weight excluding hydrogens is 248 g/mol. The van der Waals surface area contributed by atoms with Gasteiger partial charge >= 0.3 is 0 Å². The predicted molar refractivity (Wildman–Crippen MR) is 79.7 cm³/mol. The molecule has 0 aliphatic heterocycles. The summed E-state index contributed by atoms with van der Waals surface area (Å²) in [5.74, 6) is 2.57. The van der Waals surface area contributed by atoms with E-state index in [1.54, 1.807) is 0 Å². The lowest BCUT2D eigenvalue weighted by Crippen LogP contribution is -2.27. The van der Waals surface area contributed by atoms with Crippen LogP contribution in [0.4, 0.5) is 0 Å². The fraction of sp³-hybridized carbons (Fsp3) is 0.588. The van der Waals surface area contributed by atoms with Gasteiger partial charge in [-0.05, 0) is 48.1 Å². The van der Waals surface area contributed by atoms with Crippen LogP contribution in [0.3, 0.4) is 0 Å². The van der Waals surface area contributed by atoms with Gasteiger partial charge in [-0.3, -0.25) is 4.79 Å². The van der Waals surface area contributed by atoms with Crippen LogP contribution in [0.25, 0.3) is 0 Å². The van der Waals surface area contributed by atoms with Crippen molar-refractivity contribution in [3.63, 3.8) is 0 Å². The van der Waals surface area contributed by atoms with Crippen LogP contribution in [0.2, 0.25) is 0 Å². The number of hydrogen-bond acceptors (Lipinski definition) is 2. The first-order valence-corrected chi connectivity index (χ1v) is 7.80. The van der Waals surface area contributed by atoms with Gasteiger partial charge in [0.1, 0.15) is 0 Å². The molecule has 3 atom stereocenters.